The first kappa shape index (κ1) is 15.7. The lowest BCUT2D eigenvalue weighted by atomic mass is 9.81. The van der Waals surface area contributed by atoms with E-state index in [1.807, 2.05) is 38.2 Å². The number of ketones is 1. The van der Waals surface area contributed by atoms with Crippen molar-refractivity contribution in [3.8, 4) is 0 Å². The Balaban J connectivity index is 2.68. The molecule has 106 valence electrons. The zero-order valence-electron chi connectivity index (χ0n) is 12.0. The largest absolute Gasteiger partial charge is 0.461 e. The molecule has 0 aromatic rings. The predicted octanol–water partition coefficient (Wildman–Crippen LogP) is 3.59. The average molecular weight is 264 g/mol. The molecule has 0 N–H and O–H groups in total. The van der Waals surface area contributed by atoms with Crippen molar-refractivity contribution in [3.63, 3.8) is 0 Å². The summed E-state index contributed by atoms with van der Waals surface area (Å²) in [5.74, 6) is -0.311. The van der Waals surface area contributed by atoms with Crippen LogP contribution in [0.25, 0.3) is 0 Å². The van der Waals surface area contributed by atoms with Crippen LogP contribution in [0.5, 0.6) is 0 Å². The third-order valence-corrected chi connectivity index (χ3v) is 3.51. The van der Waals surface area contributed by atoms with Crippen LogP contribution in [0.1, 0.15) is 52.4 Å². The van der Waals surface area contributed by atoms with Crippen LogP contribution in [0.3, 0.4) is 0 Å². The van der Waals surface area contributed by atoms with Gasteiger partial charge in [-0.3, -0.25) is 9.59 Å². The van der Waals surface area contributed by atoms with Crippen molar-refractivity contribution in [1.82, 2.24) is 0 Å². The molecule has 0 spiro atoms. The summed E-state index contributed by atoms with van der Waals surface area (Å²) in [5, 5.41) is 0. The van der Waals surface area contributed by atoms with E-state index < -0.39 is 5.41 Å². The molecule has 0 aromatic heterocycles. The Hall–Kier alpha value is -1.38. The number of esters is 1. The molecule has 0 radical (unpaired) electrons. The van der Waals surface area contributed by atoms with Gasteiger partial charge in [0.25, 0.3) is 0 Å². The van der Waals surface area contributed by atoms with E-state index in [4.69, 9.17) is 4.74 Å². The Bertz CT molecular complexity index is 368. The highest BCUT2D eigenvalue weighted by Gasteiger charge is 2.48. The maximum atomic E-state index is 12.2. The van der Waals surface area contributed by atoms with Crippen LogP contribution in [0.4, 0.5) is 0 Å². The lowest BCUT2D eigenvalue weighted by Crippen LogP contribution is -2.36. The van der Waals surface area contributed by atoms with Crippen molar-refractivity contribution < 1.29 is 14.3 Å². The number of ether oxygens (including phenoxy) is 1. The summed E-state index contributed by atoms with van der Waals surface area (Å²) in [6, 6.07) is 0. The lowest BCUT2D eigenvalue weighted by molar-refractivity contribution is -0.157. The monoisotopic (exact) mass is 264 g/mol. The Morgan fingerprint density at radius 3 is 2.47 bits per heavy atom. The second-order valence-corrected chi connectivity index (χ2v) is 4.92. The first-order valence-electron chi connectivity index (χ1n) is 7.18. The minimum atomic E-state index is -0.911. The minimum Gasteiger partial charge on any atom is -0.461 e. The SMILES string of the molecule is CCC=CCOC(=O)C1(CC=CCC)CCCC1=O. The van der Waals surface area contributed by atoms with Gasteiger partial charge >= 0.3 is 5.97 Å². The molecule has 3 nitrogen and oxygen atoms in total. The third-order valence-electron chi connectivity index (χ3n) is 3.51. The molecule has 1 atom stereocenters. The van der Waals surface area contributed by atoms with Gasteiger partial charge in [0.15, 0.2) is 5.78 Å². The fourth-order valence-electron chi connectivity index (χ4n) is 2.39. The number of carbonyl (C=O) groups is 2. The van der Waals surface area contributed by atoms with Gasteiger partial charge in [-0.05, 0) is 32.1 Å². The molecule has 0 heterocycles. The number of rotatable bonds is 7. The lowest BCUT2D eigenvalue weighted by Gasteiger charge is -2.23. The molecule has 19 heavy (non-hydrogen) atoms. The van der Waals surface area contributed by atoms with Crippen molar-refractivity contribution in [2.45, 2.75) is 52.4 Å². The Kier molecular flexibility index (Phi) is 6.54. The fraction of sp³-hybridized carbons (Fsp3) is 0.625. The topological polar surface area (TPSA) is 43.4 Å². The van der Waals surface area contributed by atoms with Gasteiger partial charge in [-0.1, -0.05) is 38.2 Å². The van der Waals surface area contributed by atoms with Crippen molar-refractivity contribution >= 4 is 11.8 Å². The average Bonchev–Trinajstić information content (AvgIpc) is 2.77. The summed E-state index contributed by atoms with van der Waals surface area (Å²) in [6.07, 6.45) is 11.9. The number of carbonyl (C=O) groups excluding carboxylic acids is 2. The van der Waals surface area contributed by atoms with E-state index in [1.54, 1.807) is 0 Å². The van der Waals surface area contributed by atoms with E-state index in [1.165, 1.54) is 0 Å². The Morgan fingerprint density at radius 1 is 1.21 bits per heavy atom. The predicted molar refractivity (Wildman–Crippen MR) is 75.7 cm³/mol. The smallest absolute Gasteiger partial charge is 0.320 e. The normalized spacial score (nSPS) is 23.6. The van der Waals surface area contributed by atoms with E-state index in [0.29, 0.717) is 19.3 Å². The number of hydrogen-bond donors (Lipinski definition) is 0. The molecule has 0 aromatic carbocycles. The minimum absolute atomic E-state index is 0.0396. The van der Waals surface area contributed by atoms with Crippen molar-refractivity contribution in [3.05, 3.63) is 24.3 Å². The van der Waals surface area contributed by atoms with E-state index in [0.717, 1.165) is 19.3 Å². The van der Waals surface area contributed by atoms with Gasteiger partial charge in [0.05, 0.1) is 0 Å². The van der Waals surface area contributed by atoms with Gasteiger partial charge in [-0.15, -0.1) is 0 Å². The molecular formula is C16H24O3. The molecule has 0 amide bonds. The zero-order valence-corrected chi connectivity index (χ0v) is 12.0. The van der Waals surface area contributed by atoms with Gasteiger partial charge < -0.3 is 4.74 Å². The summed E-state index contributed by atoms with van der Waals surface area (Å²) < 4.78 is 5.25. The van der Waals surface area contributed by atoms with E-state index in [2.05, 4.69) is 0 Å². The van der Waals surface area contributed by atoms with Gasteiger partial charge in [0.2, 0.25) is 0 Å². The van der Waals surface area contributed by atoms with Crippen molar-refractivity contribution in [2.24, 2.45) is 5.41 Å². The van der Waals surface area contributed by atoms with Crippen LogP contribution in [0.15, 0.2) is 24.3 Å². The highest BCUT2D eigenvalue weighted by atomic mass is 16.5. The highest BCUT2D eigenvalue weighted by molar-refractivity contribution is 6.05. The summed E-state index contributed by atoms with van der Waals surface area (Å²) in [4.78, 5) is 24.3. The second kappa shape index (κ2) is 7.93. The number of Topliss-reactive ketones (excluding diaryl/α,β-unsaturated/α-hetero) is 1. The van der Waals surface area contributed by atoms with Crippen molar-refractivity contribution in [1.29, 1.82) is 0 Å². The zero-order chi connectivity index (χ0) is 14.1. The van der Waals surface area contributed by atoms with Crippen LogP contribution in [0.2, 0.25) is 0 Å². The van der Waals surface area contributed by atoms with Gasteiger partial charge in [0, 0.05) is 6.42 Å². The molecule has 1 saturated carbocycles. The maximum Gasteiger partial charge on any atom is 0.320 e. The molecular weight excluding hydrogens is 240 g/mol. The molecule has 1 unspecified atom stereocenters. The molecule has 1 fully saturated rings. The Labute approximate surface area is 115 Å². The highest BCUT2D eigenvalue weighted by Crippen LogP contribution is 2.39. The van der Waals surface area contributed by atoms with Gasteiger partial charge in [0.1, 0.15) is 12.0 Å². The fourth-order valence-corrected chi connectivity index (χ4v) is 2.39. The quantitative estimate of drug-likeness (QED) is 0.401. The van der Waals surface area contributed by atoms with Crippen molar-refractivity contribution in [2.75, 3.05) is 6.61 Å². The van der Waals surface area contributed by atoms with Gasteiger partial charge in [-0.2, -0.15) is 0 Å². The second-order valence-electron chi connectivity index (χ2n) is 4.92. The van der Waals surface area contributed by atoms with E-state index >= 15 is 0 Å². The summed E-state index contributed by atoms with van der Waals surface area (Å²) in [5.41, 5.74) is -0.911. The number of allylic oxidation sites excluding steroid dienone is 3. The van der Waals surface area contributed by atoms with Crippen LogP contribution in [0, 0.1) is 5.41 Å². The number of hydrogen-bond acceptors (Lipinski definition) is 3. The summed E-state index contributed by atoms with van der Waals surface area (Å²) in [6.45, 7) is 4.32. The molecule has 1 aliphatic carbocycles. The standard InChI is InChI=1S/C16H24O3/c1-3-5-7-11-16(12-9-10-14(16)17)15(18)19-13-8-6-4-2/h5-8H,3-4,9-13H2,1-2H3. The molecule has 0 saturated heterocycles. The van der Waals surface area contributed by atoms with E-state index in [9.17, 15) is 9.59 Å². The first-order chi connectivity index (χ1) is 9.17. The summed E-state index contributed by atoms with van der Waals surface area (Å²) >= 11 is 0. The molecule has 3 heteroatoms. The summed E-state index contributed by atoms with van der Waals surface area (Å²) in [7, 11) is 0. The van der Waals surface area contributed by atoms with Crippen LogP contribution in [-0.2, 0) is 14.3 Å². The molecule has 1 aliphatic rings. The molecule has 1 rings (SSSR count). The van der Waals surface area contributed by atoms with Gasteiger partial charge in [-0.25, -0.2) is 0 Å². The maximum absolute atomic E-state index is 12.2. The first-order valence-corrected chi connectivity index (χ1v) is 7.18. The molecule has 0 bridgehead atoms. The van der Waals surface area contributed by atoms with Crippen LogP contribution < -0.4 is 0 Å². The van der Waals surface area contributed by atoms with E-state index in [-0.39, 0.29) is 18.4 Å². The van der Waals surface area contributed by atoms with Crippen LogP contribution in [-0.4, -0.2) is 18.4 Å². The van der Waals surface area contributed by atoms with Crippen LogP contribution >= 0.6 is 0 Å². The Morgan fingerprint density at radius 2 is 1.89 bits per heavy atom. The third kappa shape index (κ3) is 4.05. The molecule has 0 aliphatic heterocycles.